The number of nitrogens with one attached hydrogen (secondary N) is 1. The molecule has 0 bridgehead atoms. The lowest BCUT2D eigenvalue weighted by Gasteiger charge is -2.34. The minimum absolute atomic E-state index is 0. The van der Waals surface area contributed by atoms with E-state index in [1.54, 1.807) is 0 Å². The Kier molecular flexibility index (Phi) is 12.3. The van der Waals surface area contributed by atoms with Crippen LogP contribution in [0.25, 0.3) is 0 Å². The van der Waals surface area contributed by atoms with Crippen molar-refractivity contribution in [2.45, 2.75) is 39.2 Å². The van der Waals surface area contributed by atoms with Crippen molar-refractivity contribution in [1.82, 2.24) is 20.0 Å². The molecule has 1 amide bonds. The van der Waals surface area contributed by atoms with Crippen LogP contribution in [0, 0.1) is 0 Å². The van der Waals surface area contributed by atoms with Crippen LogP contribution in [0.5, 0.6) is 0 Å². The van der Waals surface area contributed by atoms with Crippen molar-refractivity contribution in [3.8, 4) is 0 Å². The largest absolute Gasteiger partial charge is 0.338 e. The summed E-state index contributed by atoms with van der Waals surface area (Å²) in [6.45, 7) is 13.9. The van der Waals surface area contributed by atoms with Gasteiger partial charge in [-0.05, 0) is 25.9 Å². The van der Waals surface area contributed by atoms with Gasteiger partial charge in [-0.2, -0.15) is 0 Å². The number of rotatable bonds is 7. The van der Waals surface area contributed by atoms with E-state index in [-0.39, 0.29) is 24.8 Å². The molecule has 23 heavy (non-hydrogen) atoms. The van der Waals surface area contributed by atoms with Crippen LogP contribution < -0.4 is 5.32 Å². The van der Waals surface area contributed by atoms with Gasteiger partial charge in [0.1, 0.15) is 0 Å². The Balaban J connectivity index is 0.00000242. The standard InChI is InChI=1S/C16H32N4O.2ClH/c1-3-8-20(15-5-7-17-14-15)16(21)6-9-19-12-10-18(4-2)11-13-19;;/h15,17H,3-14H2,1-2H3;2*1H. The smallest absolute Gasteiger partial charge is 0.224 e. The van der Waals surface area contributed by atoms with Gasteiger partial charge in [-0.3, -0.25) is 4.79 Å². The second-order valence-corrected chi connectivity index (χ2v) is 6.26. The molecule has 0 aromatic heterocycles. The van der Waals surface area contributed by atoms with Gasteiger partial charge in [0, 0.05) is 58.3 Å². The lowest BCUT2D eigenvalue weighted by atomic mass is 10.2. The molecule has 0 radical (unpaired) electrons. The van der Waals surface area contributed by atoms with Gasteiger partial charge in [0.2, 0.25) is 5.91 Å². The van der Waals surface area contributed by atoms with Crippen LogP contribution >= 0.6 is 24.8 Å². The maximum absolute atomic E-state index is 12.5. The zero-order chi connectivity index (χ0) is 15.1. The Hall–Kier alpha value is -0.0700. The van der Waals surface area contributed by atoms with E-state index < -0.39 is 0 Å². The first-order valence-electron chi connectivity index (χ1n) is 8.69. The molecule has 0 spiro atoms. The summed E-state index contributed by atoms with van der Waals surface area (Å²) in [4.78, 5) is 19.6. The third-order valence-electron chi connectivity index (χ3n) is 4.81. The van der Waals surface area contributed by atoms with E-state index in [2.05, 4.69) is 33.9 Å². The summed E-state index contributed by atoms with van der Waals surface area (Å²) in [6.07, 6.45) is 2.85. The summed E-state index contributed by atoms with van der Waals surface area (Å²) in [6, 6.07) is 0.425. The molecule has 1 unspecified atom stereocenters. The summed E-state index contributed by atoms with van der Waals surface area (Å²) in [5.74, 6) is 0.350. The van der Waals surface area contributed by atoms with Gasteiger partial charge in [0.25, 0.3) is 0 Å². The van der Waals surface area contributed by atoms with Gasteiger partial charge in [0.05, 0.1) is 0 Å². The Morgan fingerprint density at radius 3 is 2.30 bits per heavy atom. The van der Waals surface area contributed by atoms with Gasteiger partial charge < -0.3 is 20.0 Å². The average molecular weight is 369 g/mol. The zero-order valence-corrected chi connectivity index (χ0v) is 16.3. The number of halogens is 2. The van der Waals surface area contributed by atoms with Gasteiger partial charge in [-0.1, -0.05) is 13.8 Å². The molecule has 0 aliphatic carbocycles. The van der Waals surface area contributed by atoms with Gasteiger partial charge >= 0.3 is 0 Å². The monoisotopic (exact) mass is 368 g/mol. The number of hydrogen-bond acceptors (Lipinski definition) is 4. The quantitative estimate of drug-likeness (QED) is 0.738. The molecule has 2 saturated heterocycles. The maximum atomic E-state index is 12.5. The van der Waals surface area contributed by atoms with Gasteiger partial charge in [-0.15, -0.1) is 24.8 Å². The number of nitrogens with zero attached hydrogens (tertiary/aromatic N) is 3. The highest BCUT2D eigenvalue weighted by molar-refractivity contribution is 5.85. The van der Waals surface area contributed by atoms with E-state index in [4.69, 9.17) is 0 Å². The van der Waals surface area contributed by atoms with Crippen LogP contribution in [0.4, 0.5) is 0 Å². The molecule has 2 fully saturated rings. The van der Waals surface area contributed by atoms with Gasteiger partial charge in [-0.25, -0.2) is 0 Å². The molecule has 2 heterocycles. The summed E-state index contributed by atoms with van der Waals surface area (Å²) in [5.41, 5.74) is 0. The van der Waals surface area contributed by atoms with Crippen molar-refractivity contribution in [2.24, 2.45) is 0 Å². The van der Waals surface area contributed by atoms with Crippen LogP contribution in [0.3, 0.4) is 0 Å². The van der Waals surface area contributed by atoms with E-state index >= 15 is 0 Å². The SMILES string of the molecule is CCCN(C(=O)CCN1CCN(CC)CC1)C1CCNC1.Cl.Cl. The summed E-state index contributed by atoms with van der Waals surface area (Å²) < 4.78 is 0. The second kappa shape index (κ2) is 12.3. The molecule has 5 nitrogen and oxygen atoms in total. The van der Waals surface area contributed by atoms with Crippen molar-refractivity contribution in [3.63, 3.8) is 0 Å². The van der Waals surface area contributed by atoms with E-state index in [9.17, 15) is 4.79 Å². The van der Waals surface area contributed by atoms with E-state index in [1.807, 2.05) is 0 Å². The first-order chi connectivity index (χ1) is 10.2. The number of piperazine rings is 1. The van der Waals surface area contributed by atoms with E-state index in [1.165, 1.54) is 0 Å². The molecule has 2 aliphatic heterocycles. The molecule has 0 aromatic carbocycles. The number of hydrogen-bond donors (Lipinski definition) is 1. The fourth-order valence-corrected chi connectivity index (χ4v) is 3.38. The third-order valence-corrected chi connectivity index (χ3v) is 4.81. The van der Waals surface area contributed by atoms with Crippen molar-refractivity contribution < 1.29 is 4.79 Å². The second-order valence-electron chi connectivity index (χ2n) is 6.26. The van der Waals surface area contributed by atoms with Crippen LogP contribution in [0.1, 0.15) is 33.1 Å². The first kappa shape index (κ1) is 22.9. The number of likely N-dealkylation sites (N-methyl/N-ethyl adjacent to an activating group) is 1. The van der Waals surface area contributed by atoms with Crippen LogP contribution in [0.2, 0.25) is 0 Å². The third kappa shape index (κ3) is 7.14. The molecule has 7 heteroatoms. The number of amides is 1. The van der Waals surface area contributed by atoms with Crippen molar-refractivity contribution in [2.75, 3.05) is 58.9 Å². The highest BCUT2D eigenvalue weighted by atomic mass is 35.5. The van der Waals surface area contributed by atoms with Crippen molar-refractivity contribution >= 4 is 30.7 Å². The summed E-state index contributed by atoms with van der Waals surface area (Å²) in [7, 11) is 0. The lowest BCUT2D eigenvalue weighted by Crippen LogP contribution is -2.48. The number of carbonyl (C=O) groups excluding carboxylic acids is 1. The average Bonchev–Trinajstić information content (AvgIpc) is 3.04. The molecular weight excluding hydrogens is 335 g/mol. The van der Waals surface area contributed by atoms with Crippen LogP contribution in [-0.2, 0) is 4.79 Å². The topological polar surface area (TPSA) is 38.8 Å². The molecule has 1 N–H and O–H groups in total. The summed E-state index contributed by atoms with van der Waals surface area (Å²) in [5, 5.41) is 3.37. The van der Waals surface area contributed by atoms with Crippen molar-refractivity contribution in [1.29, 1.82) is 0 Å². The first-order valence-corrected chi connectivity index (χ1v) is 8.69. The zero-order valence-electron chi connectivity index (χ0n) is 14.6. The molecule has 1 atom stereocenters. The Morgan fingerprint density at radius 1 is 1.13 bits per heavy atom. The highest BCUT2D eigenvalue weighted by Crippen LogP contribution is 2.12. The predicted molar refractivity (Wildman–Crippen MR) is 101 cm³/mol. The predicted octanol–water partition coefficient (Wildman–Crippen LogP) is 1.46. The normalized spacial score (nSPS) is 22.3. The molecular formula is C16H34Cl2N4O. The van der Waals surface area contributed by atoms with E-state index in [0.717, 1.165) is 71.7 Å². The Morgan fingerprint density at radius 2 is 1.78 bits per heavy atom. The van der Waals surface area contributed by atoms with Crippen molar-refractivity contribution in [3.05, 3.63) is 0 Å². The van der Waals surface area contributed by atoms with Crippen LogP contribution in [-0.4, -0.2) is 85.6 Å². The minimum Gasteiger partial charge on any atom is -0.338 e. The lowest BCUT2D eigenvalue weighted by molar-refractivity contribution is -0.133. The maximum Gasteiger partial charge on any atom is 0.224 e. The van der Waals surface area contributed by atoms with E-state index in [0.29, 0.717) is 18.4 Å². The Bertz CT molecular complexity index is 319. The molecule has 0 saturated carbocycles. The fourth-order valence-electron chi connectivity index (χ4n) is 3.38. The summed E-state index contributed by atoms with van der Waals surface area (Å²) >= 11 is 0. The molecule has 138 valence electrons. The Labute approximate surface area is 153 Å². The fraction of sp³-hybridized carbons (Fsp3) is 0.938. The molecule has 2 rings (SSSR count). The minimum atomic E-state index is 0. The molecule has 0 aromatic rings. The highest BCUT2D eigenvalue weighted by Gasteiger charge is 2.26. The number of carbonyl (C=O) groups is 1. The van der Waals surface area contributed by atoms with Gasteiger partial charge in [0.15, 0.2) is 0 Å². The van der Waals surface area contributed by atoms with Crippen LogP contribution in [0.15, 0.2) is 0 Å². The molecule has 2 aliphatic rings.